The molecule has 2 amide bonds. The van der Waals surface area contributed by atoms with E-state index >= 15 is 0 Å². The van der Waals surface area contributed by atoms with E-state index in [0.717, 1.165) is 40.9 Å². The lowest BCUT2D eigenvalue weighted by atomic mass is 9.95. The highest BCUT2D eigenvalue weighted by molar-refractivity contribution is 5.89. The Hall–Kier alpha value is -4.17. The van der Waals surface area contributed by atoms with Crippen LogP contribution < -0.4 is 10.6 Å². The first-order valence-corrected chi connectivity index (χ1v) is 14.4. The minimum Gasteiger partial charge on any atom is -0.316 e. The lowest BCUT2D eigenvalue weighted by Gasteiger charge is -2.24. The number of rotatable bonds is 9. The van der Waals surface area contributed by atoms with Crippen LogP contribution in [-0.2, 0) is 25.8 Å². The SMILES string of the molecule is O=C(Nc1ccc(C(F)(F)F)cc1)N(Cc1ccncc1)Cc1ccc(-c2ccc(CNC3CCCCC3)cc2)cc1. The summed E-state index contributed by atoms with van der Waals surface area (Å²) >= 11 is 0. The van der Waals surface area contributed by atoms with Crippen molar-refractivity contribution < 1.29 is 18.0 Å². The van der Waals surface area contributed by atoms with Crippen molar-refractivity contribution in [3.8, 4) is 11.1 Å². The Morgan fingerprint density at radius 1 is 0.738 bits per heavy atom. The quantitative estimate of drug-likeness (QED) is 0.212. The predicted molar refractivity (Wildman–Crippen MR) is 160 cm³/mol. The van der Waals surface area contributed by atoms with Crippen LogP contribution in [0.1, 0.15) is 54.4 Å². The molecule has 2 N–H and O–H groups in total. The molecule has 0 bridgehead atoms. The molecule has 4 aromatic rings. The van der Waals surface area contributed by atoms with Gasteiger partial charge >= 0.3 is 12.2 Å². The van der Waals surface area contributed by atoms with Crippen molar-refractivity contribution in [1.29, 1.82) is 0 Å². The summed E-state index contributed by atoms with van der Waals surface area (Å²) in [5.41, 5.74) is 4.83. The number of aromatic nitrogens is 1. The van der Waals surface area contributed by atoms with Crippen LogP contribution in [0.4, 0.5) is 23.7 Å². The summed E-state index contributed by atoms with van der Waals surface area (Å²) in [6.07, 6.45) is 5.40. The van der Waals surface area contributed by atoms with Gasteiger partial charge in [0.05, 0.1) is 5.56 Å². The number of carbonyl (C=O) groups is 1. The van der Waals surface area contributed by atoms with E-state index in [2.05, 4.69) is 39.9 Å². The Bertz CT molecular complexity index is 1420. The van der Waals surface area contributed by atoms with E-state index in [1.54, 1.807) is 17.3 Å². The average Bonchev–Trinajstić information content (AvgIpc) is 3.01. The zero-order valence-corrected chi connectivity index (χ0v) is 23.4. The largest absolute Gasteiger partial charge is 0.416 e. The van der Waals surface area contributed by atoms with Crippen LogP contribution in [0.3, 0.4) is 0 Å². The second kappa shape index (κ2) is 13.7. The fraction of sp³-hybridized carbons (Fsp3) is 0.294. The molecule has 0 radical (unpaired) electrons. The Kier molecular flexibility index (Phi) is 9.54. The molecule has 0 spiro atoms. The molecule has 0 atom stereocenters. The summed E-state index contributed by atoms with van der Waals surface area (Å²) in [6.45, 7) is 1.51. The predicted octanol–water partition coefficient (Wildman–Crippen LogP) is 8.42. The number of benzene rings is 3. The molecule has 0 unspecified atom stereocenters. The minimum atomic E-state index is -4.43. The standard InChI is InChI=1S/C34H35F3N4O/c35-34(36,37)30-14-16-32(17-15-30)40-33(42)41(24-27-18-20-38-21-19-27)23-26-8-12-29(13-9-26)28-10-6-25(7-11-28)22-39-31-4-2-1-3-5-31/h6-21,31,39H,1-5,22-24H2,(H,40,42). The fourth-order valence-electron chi connectivity index (χ4n) is 5.26. The van der Waals surface area contributed by atoms with Gasteiger partial charge in [-0.2, -0.15) is 13.2 Å². The average molecular weight is 573 g/mol. The summed E-state index contributed by atoms with van der Waals surface area (Å²) in [5.74, 6) is 0. The summed E-state index contributed by atoms with van der Waals surface area (Å²) in [6, 6.07) is 25.0. The number of amides is 2. The van der Waals surface area contributed by atoms with E-state index < -0.39 is 17.8 Å². The second-order valence-corrected chi connectivity index (χ2v) is 10.8. The Morgan fingerprint density at radius 3 is 1.86 bits per heavy atom. The highest BCUT2D eigenvalue weighted by Gasteiger charge is 2.30. The zero-order chi connectivity index (χ0) is 29.4. The van der Waals surface area contributed by atoms with Crippen LogP contribution in [0.2, 0.25) is 0 Å². The van der Waals surface area contributed by atoms with Gasteiger partial charge in [0.1, 0.15) is 0 Å². The Morgan fingerprint density at radius 2 is 1.29 bits per heavy atom. The lowest BCUT2D eigenvalue weighted by molar-refractivity contribution is -0.137. The van der Waals surface area contributed by atoms with Gasteiger partial charge in [0.2, 0.25) is 0 Å². The topological polar surface area (TPSA) is 57.3 Å². The van der Waals surface area contributed by atoms with Crippen LogP contribution in [-0.4, -0.2) is 22.0 Å². The van der Waals surface area contributed by atoms with Crippen molar-refractivity contribution in [3.05, 3.63) is 120 Å². The van der Waals surface area contributed by atoms with Gasteiger partial charge in [-0.15, -0.1) is 0 Å². The Labute approximate surface area is 244 Å². The van der Waals surface area contributed by atoms with E-state index in [0.29, 0.717) is 24.8 Å². The van der Waals surface area contributed by atoms with E-state index in [1.807, 2.05) is 36.4 Å². The maximum atomic E-state index is 13.2. The van der Waals surface area contributed by atoms with Gasteiger partial charge < -0.3 is 15.5 Å². The van der Waals surface area contributed by atoms with Crippen LogP contribution in [0.15, 0.2) is 97.3 Å². The maximum absolute atomic E-state index is 13.2. The van der Waals surface area contributed by atoms with Crippen molar-refractivity contribution in [1.82, 2.24) is 15.2 Å². The van der Waals surface area contributed by atoms with Crippen molar-refractivity contribution in [3.63, 3.8) is 0 Å². The fourth-order valence-corrected chi connectivity index (χ4v) is 5.26. The first kappa shape index (κ1) is 29.3. The van der Waals surface area contributed by atoms with Gasteiger partial charge in [0, 0.05) is 43.8 Å². The molecule has 1 saturated carbocycles. The van der Waals surface area contributed by atoms with Gasteiger partial charge in [-0.1, -0.05) is 67.8 Å². The van der Waals surface area contributed by atoms with Crippen molar-refractivity contribution >= 4 is 11.7 Å². The molecule has 1 aliphatic rings. The summed E-state index contributed by atoms with van der Waals surface area (Å²) in [5, 5.41) is 6.42. The third kappa shape index (κ3) is 8.19. The molecule has 5 rings (SSSR count). The van der Waals surface area contributed by atoms with Crippen molar-refractivity contribution in [2.24, 2.45) is 0 Å². The molecule has 218 valence electrons. The van der Waals surface area contributed by atoms with E-state index in [-0.39, 0.29) is 0 Å². The molecule has 42 heavy (non-hydrogen) atoms. The molecule has 1 fully saturated rings. The smallest absolute Gasteiger partial charge is 0.316 e. The molecule has 5 nitrogen and oxygen atoms in total. The first-order valence-electron chi connectivity index (χ1n) is 14.4. The van der Waals surface area contributed by atoms with Crippen LogP contribution in [0, 0.1) is 0 Å². The number of nitrogens with one attached hydrogen (secondary N) is 2. The Balaban J connectivity index is 1.23. The van der Waals surface area contributed by atoms with Crippen LogP contribution >= 0.6 is 0 Å². The third-order valence-electron chi connectivity index (χ3n) is 7.69. The lowest BCUT2D eigenvalue weighted by Crippen LogP contribution is -2.34. The first-order chi connectivity index (χ1) is 20.3. The van der Waals surface area contributed by atoms with E-state index in [9.17, 15) is 18.0 Å². The highest BCUT2D eigenvalue weighted by Crippen LogP contribution is 2.30. The number of pyridine rings is 1. The van der Waals surface area contributed by atoms with Gasteiger partial charge in [-0.25, -0.2) is 4.79 Å². The molecular weight excluding hydrogens is 537 g/mol. The van der Waals surface area contributed by atoms with Gasteiger partial charge in [0.25, 0.3) is 0 Å². The van der Waals surface area contributed by atoms with Crippen molar-refractivity contribution in [2.75, 3.05) is 5.32 Å². The number of nitrogens with zero attached hydrogens (tertiary/aromatic N) is 2. The maximum Gasteiger partial charge on any atom is 0.416 e. The molecule has 1 aliphatic carbocycles. The molecule has 1 aromatic heterocycles. The number of anilines is 1. The number of urea groups is 1. The van der Waals surface area contributed by atoms with Gasteiger partial charge in [-0.05, 0) is 77.1 Å². The molecule has 0 saturated heterocycles. The highest BCUT2D eigenvalue weighted by atomic mass is 19.4. The van der Waals surface area contributed by atoms with Crippen LogP contribution in [0.5, 0.6) is 0 Å². The third-order valence-corrected chi connectivity index (χ3v) is 7.69. The molecule has 3 aromatic carbocycles. The number of alkyl halides is 3. The second-order valence-electron chi connectivity index (χ2n) is 10.8. The summed E-state index contributed by atoms with van der Waals surface area (Å²) in [7, 11) is 0. The van der Waals surface area contributed by atoms with Gasteiger partial charge in [-0.3, -0.25) is 4.98 Å². The van der Waals surface area contributed by atoms with E-state index in [1.165, 1.54) is 49.8 Å². The molecule has 0 aliphatic heterocycles. The van der Waals surface area contributed by atoms with Crippen LogP contribution in [0.25, 0.3) is 11.1 Å². The molecule has 8 heteroatoms. The normalized spacial score (nSPS) is 14.0. The van der Waals surface area contributed by atoms with Gasteiger partial charge in [0.15, 0.2) is 0 Å². The summed E-state index contributed by atoms with van der Waals surface area (Å²) in [4.78, 5) is 18.9. The summed E-state index contributed by atoms with van der Waals surface area (Å²) < 4.78 is 38.8. The van der Waals surface area contributed by atoms with E-state index in [4.69, 9.17) is 0 Å². The van der Waals surface area contributed by atoms with Crippen molar-refractivity contribution in [2.45, 2.75) is 64.0 Å². The number of hydrogen-bond acceptors (Lipinski definition) is 3. The zero-order valence-electron chi connectivity index (χ0n) is 23.4. The minimum absolute atomic E-state index is 0.292. The molecular formula is C34H35F3N4O. The molecule has 1 heterocycles. The number of hydrogen-bond donors (Lipinski definition) is 2. The number of carbonyl (C=O) groups excluding carboxylic acids is 1. The number of halogens is 3. The monoisotopic (exact) mass is 572 g/mol.